The second-order valence-electron chi connectivity index (χ2n) is 7.19. The maximum Gasteiger partial charge on any atom is 0.0715 e. The molecule has 0 radical (unpaired) electrons. The molecule has 0 aliphatic heterocycles. The SMILES string of the molecule is FNc1cccc(C2(c3cccc(NF)c3)c3ccccc3-c3ccccc32)c1. The van der Waals surface area contributed by atoms with Crippen molar-refractivity contribution in [2.75, 3.05) is 11.1 Å². The third-order valence-electron chi connectivity index (χ3n) is 5.76. The van der Waals surface area contributed by atoms with E-state index in [9.17, 15) is 8.96 Å². The summed E-state index contributed by atoms with van der Waals surface area (Å²) in [6, 6.07) is 31.1. The Labute approximate surface area is 167 Å². The zero-order valence-electron chi connectivity index (χ0n) is 15.5. The molecule has 0 atom stereocenters. The van der Waals surface area contributed by atoms with Gasteiger partial charge in [0.1, 0.15) is 0 Å². The van der Waals surface area contributed by atoms with Gasteiger partial charge in [0.05, 0.1) is 16.8 Å². The molecule has 0 saturated heterocycles. The van der Waals surface area contributed by atoms with Gasteiger partial charge in [-0.05, 0) is 57.6 Å². The minimum Gasteiger partial charge on any atom is -0.225 e. The van der Waals surface area contributed by atoms with E-state index in [4.69, 9.17) is 0 Å². The maximum atomic E-state index is 13.3. The topological polar surface area (TPSA) is 24.1 Å². The summed E-state index contributed by atoms with van der Waals surface area (Å²) in [5.41, 5.74) is 9.84. The lowest BCUT2D eigenvalue weighted by Crippen LogP contribution is -2.28. The minimum absolute atomic E-state index is 0.378. The van der Waals surface area contributed by atoms with Gasteiger partial charge >= 0.3 is 0 Å². The molecule has 2 N–H and O–H groups in total. The molecule has 4 heteroatoms. The monoisotopic (exact) mass is 384 g/mol. The lowest BCUT2D eigenvalue weighted by atomic mass is 9.67. The molecule has 0 heterocycles. The van der Waals surface area contributed by atoms with Crippen molar-refractivity contribution in [2.24, 2.45) is 0 Å². The van der Waals surface area contributed by atoms with E-state index in [1.54, 1.807) is 23.2 Å². The average molecular weight is 384 g/mol. The Morgan fingerprint density at radius 1 is 0.517 bits per heavy atom. The summed E-state index contributed by atoms with van der Waals surface area (Å²) in [5, 5.41) is 0. The lowest BCUT2D eigenvalue weighted by Gasteiger charge is -2.34. The van der Waals surface area contributed by atoms with Gasteiger partial charge in [0.25, 0.3) is 0 Å². The van der Waals surface area contributed by atoms with Crippen LogP contribution in [0.15, 0.2) is 97.1 Å². The first kappa shape index (κ1) is 17.4. The Kier molecular flexibility index (Phi) is 4.06. The van der Waals surface area contributed by atoms with Crippen molar-refractivity contribution in [1.82, 2.24) is 0 Å². The molecule has 0 unspecified atom stereocenters. The number of anilines is 2. The zero-order chi connectivity index (χ0) is 19.8. The standard InChI is InChI=1S/C25H18F2N2/c26-28-19-9-5-7-17(15-19)25(18-8-6-10-20(16-18)29-27)23-13-3-1-11-21(23)22-12-2-4-14-24(22)25/h1-16,28-29H. The van der Waals surface area contributed by atoms with Crippen LogP contribution in [0.5, 0.6) is 0 Å². The van der Waals surface area contributed by atoms with Crippen molar-refractivity contribution >= 4 is 11.4 Å². The highest BCUT2D eigenvalue weighted by Gasteiger charge is 2.46. The van der Waals surface area contributed by atoms with E-state index in [-0.39, 0.29) is 0 Å². The fourth-order valence-electron chi connectivity index (χ4n) is 4.65. The van der Waals surface area contributed by atoms with Crippen LogP contribution in [0.4, 0.5) is 20.3 Å². The Balaban J connectivity index is 1.94. The Morgan fingerprint density at radius 2 is 0.966 bits per heavy atom. The molecule has 0 amide bonds. The molecule has 29 heavy (non-hydrogen) atoms. The van der Waals surface area contributed by atoms with Gasteiger partial charge in [-0.2, -0.15) is 0 Å². The number of hydrogen-bond donors (Lipinski definition) is 2. The van der Waals surface area contributed by atoms with Gasteiger partial charge < -0.3 is 0 Å². The molecule has 5 rings (SSSR count). The molecule has 0 aromatic heterocycles. The summed E-state index contributed by atoms with van der Waals surface area (Å²) in [4.78, 5) is 0. The normalized spacial score (nSPS) is 13.4. The van der Waals surface area contributed by atoms with Crippen LogP contribution >= 0.6 is 0 Å². The number of fused-ring (bicyclic) bond motifs is 3. The van der Waals surface area contributed by atoms with Crippen LogP contribution in [0.3, 0.4) is 0 Å². The second kappa shape index (κ2) is 6.74. The van der Waals surface area contributed by atoms with Crippen molar-refractivity contribution < 1.29 is 8.96 Å². The van der Waals surface area contributed by atoms with Crippen LogP contribution in [-0.4, -0.2) is 0 Å². The van der Waals surface area contributed by atoms with Gasteiger partial charge in [0, 0.05) is 0 Å². The fourth-order valence-corrected chi connectivity index (χ4v) is 4.65. The van der Waals surface area contributed by atoms with E-state index in [1.807, 2.05) is 60.7 Å². The number of rotatable bonds is 4. The van der Waals surface area contributed by atoms with E-state index >= 15 is 0 Å². The molecule has 0 fully saturated rings. The van der Waals surface area contributed by atoms with E-state index in [1.165, 1.54) is 0 Å². The largest absolute Gasteiger partial charge is 0.225 e. The molecule has 0 saturated carbocycles. The van der Waals surface area contributed by atoms with E-state index < -0.39 is 5.41 Å². The fraction of sp³-hybridized carbons (Fsp3) is 0.0400. The summed E-state index contributed by atoms with van der Waals surface area (Å²) in [6.45, 7) is 0. The molecule has 4 aromatic rings. The van der Waals surface area contributed by atoms with Gasteiger partial charge in [-0.25, -0.2) is 11.1 Å². The first-order valence-corrected chi connectivity index (χ1v) is 9.43. The highest BCUT2D eigenvalue weighted by Crippen LogP contribution is 2.56. The van der Waals surface area contributed by atoms with Crippen LogP contribution in [-0.2, 0) is 5.41 Å². The van der Waals surface area contributed by atoms with E-state index in [2.05, 4.69) is 24.3 Å². The van der Waals surface area contributed by atoms with Gasteiger partial charge in [0.2, 0.25) is 0 Å². The third-order valence-corrected chi connectivity index (χ3v) is 5.76. The van der Waals surface area contributed by atoms with Crippen molar-refractivity contribution in [3.8, 4) is 11.1 Å². The third kappa shape index (κ3) is 2.46. The number of benzene rings is 4. The molecule has 1 aliphatic rings. The Hall–Kier alpha value is -3.66. The molecule has 2 nitrogen and oxygen atoms in total. The predicted octanol–water partition coefficient (Wildman–Crippen LogP) is 6.64. The van der Waals surface area contributed by atoms with Crippen LogP contribution in [0.25, 0.3) is 11.1 Å². The number of hydrogen-bond acceptors (Lipinski definition) is 2. The summed E-state index contributed by atoms with van der Waals surface area (Å²) in [7, 11) is 0. The van der Waals surface area contributed by atoms with Gasteiger partial charge in [-0.3, -0.25) is 0 Å². The lowest BCUT2D eigenvalue weighted by molar-refractivity contribution is 0.616. The Bertz CT molecular complexity index is 1110. The second-order valence-corrected chi connectivity index (χ2v) is 7.19. The van der Waals surface area contributed by atoms with E-state index in [0.29, 0.717) is 11.4 Å². The average Bonchev–Trinajstić information content (AvgIpc) is 3.10. The molecule has 0 spiro atoms. The molecular weight excluding hydrogens is 366 g/mol. The first-order valence-electron chi connectivity index (χ1n) is 9.43. The molecule has 0 bridgehead atoms. The van der Waals surface area contributed by atoms with Gasteiger partial charge in [-0.1, -0.05) is 72.8 Å². The first-order chi connectivity index (χ1) is 14.3. The van der Waals surface area contributed by atoms with E-state index in [0.717, 1.165) is 33.4 Å². The maximum absolute atomic E-state index is 13.3. The molecule has 4 aromatic carbocycles. The quantitative estimate of drug-likeness (QED) is 0.339. The molecule has 1 aliphatic carbocycles. The summed E-state index contributed by atoms with van der Waals surface area (Å²) >= 11 is 0. The number of halogens is 2. The van der Waals surface area contributed by atoms with Crippen LogP contribution in [0.1, 0.15) is 22.3 Å². The summed E-state index contributed by atoms with van der Waals surface area (Å²) in [5.74, 6) is 0. The van der Waals surface area contributed by atoms with Crippen molar-refractivity contribution in [3.05, 3.63) is 119 Å². The van der Waals surface area contributed by atoms with Crippen molar-refractivity contribution in [2.45, 2.75) is 5.41 Å². The smallest absolute Gasteiger partial charge is 0.0715 e. The minimum atomic E-state index is -0.688. The van der Waals surface area contributed by atoms with Crippen LogP contribution in [0.2, 0.25) is 0 Å². The van der Waals surface area contributed by atoms with Crippen molar-refractivity contribution in [1.29, 1.82) is 0 Å². The highest BCUT2D eigenvalue weighted by atomic mass is 19.2. The van der Waals surface area contributed by atoms with Gasteiger partial charge in [-0.15, -0.1) is 8.96 Å². The van der Waals surface area contributed by atoms with Crippen LogP contribution < -0.4 is 11.1 Å². The molecular formula is C25H18F2N2. The zero-order valence-corrected chi connectivity index (χ0v) is 15.5. The van der Waals surface area contributed by atoms with Gasteiger partial charge in [0.15, 0.2) is 0 Å². The molecule has 142 valence electrons. The predicted molar refractivity (Wildman–Crippen MR) is 113 cm³/mol. The number of nitrogens with one attached hydrogen (secondary N) is 2. The Morgan fingerprint density at radius 3 is 1.41 bits per heavy atom. The van der Waals surface area contributed by atoms with Crippen LogP contribution in [0, 0.1) is 0 Å². The summed E-state index contributed by atoms with van der Waals surface area (Å²) < 4.78 is 26.6. The summed E-state index contributed by atoms with van der Waals surface area (Å²) in [6.07, 6.45) is 0. The van der Waals surface area contributed by atoms with Crippen molar-refractivity contribution in [3.63, 3.8) is 0 Å². The highest BCUT2D eigenvalue weighted by molar-refractivity contribution is 5.86.